The van der Waals surface area contributed by atoms with Crippen LogP contribution in [0, 0.1) is 0 Å². The van der Waals surface area contributed by atoms with E-state index in [0.717, 1.165) is 29.1 Å². The van der Waals surface area contributed by atoms with Crippen molar-refractivity contribution in [2.24, 2.45) is 0 Å². The first-order chi connectivity index (χ1) is 8.29. The molecular weight excluding hydrogens is 232 g/mol. The van der Waals surface area contributed by atoms with Crippen molar-refractivity contribution < 1.29 is 9.53 Å². The molecule has 17 heavy (non-hydrogen) atoms. The van der Waals surface area contributed by atoms with Crippen LogP contribution in [0.4, 0.5) is 0 Å². The number of carbonyl (C=O) groups excluding carboxylic acids is 1. The van der Waals surface area contributed by atoms with Crippen LogP contribution in [0.2, 0.25) is 0 Å². The van der Waals surface area contributed by atoms with Gasteiger partial charge in [-0.3, -0.25) is 4.79 Å². The molecule has 0 radical (unpaired) electrons. The fraction of sp³-hybridized carbons (Fsp3) is 0.357. The standard InChI is InChI=1S/C14H14O2S/c1-16-11-5-4-9-7-10-3-2-6-17-14(10)13(15)12(9)8-11/h4-5,7-8,14H,2-3,6H2,1H3. The van der Waals surface area contributed by atoms with Gasteiger partial charge in [0.2, 0.25) is 0 Å². The van der Waals surface area contributed by atoms with Gasteiger partial charge in [-0.15, -0.1) is 11.8 Å². The molecule has 1 saturated heterocycles. The molecule has 3 rings (SSSR count). The lowest BCUT2D eigenvalue weighted by Crippen LogP contribution is -2.27. The van der Waals surface area contributed by atoms with Crippen LogP contribution in [0.25, 0.3) is 6.08 Å². The summed E-state index contributed by atoms with van der Waals surface area (Å²) >= 11 is 1.77. The molecule has 1 aliphatic carbocycles. The largest absolute Gasteiger partial charge is 0.497 e. The number of hydrogen-bond donors (Lipinski definition) is 0. The first-order valence-corrected chi connectivity index (χ1v) is 6.89. The predicted octanol–water partition coefficient (Wildman–Crippen LogP) is 3.17. The van der Waals surface area contributed by atoms with Crippen molar-refractivity contribution in [3.8, 4) is 5.75 Å². The van der Waals surface area contributed by atoms with Crippen LogP contribution in [0.15, 0.2) is 23.8 Å². The summed E-state index contributed by atoms with van der Waals surface area (Å²) in [5.41, 5.74) is 3.15. The Morgan fingerprint density at radius 2 is 2.29 bits per heavy atom. The minimum atomic E-state index is 0.0587. The number of hydrogen-bond acceptors (Lipinski definition) is 3. The molecule has 0 N–H and O–H groups in total. The number of ether oxygens (including phenoxy) is 1. The molecule has 0 amide bonds. The van der Waals surface area contributed by atoms with Crippen LogP contribution in [0.5, 0.6) is 5.75 Å². The summed E-state index contributed by atoms with van der Waals surface area (Å²) in [4.78, 5) is 12.4. The van der Waals surface area contributed by atoms with E-state index < -0.39 is 0 Å². The average molecular weight is 246 g/mol. The van der Waals surface area contributed by atoms with E-state index in [0.29, 0.717) is 0 Å². The zero-order chi connectivity index (χ0) is 11.8. The maximum atomic E-state index is 12.4. The van der Waals surface area contributed by atoms with Crippen LogP contribution in [0.3, 0.4) is 0 Å². The lowest BCUT2D eigenvalue weighted by molar-refractivity contribution is 0.0995. The van der Waals surface area contributed by atoms with E-state index in [4.69, 9.17) is 4.74 Å². The monoisotopic (exact) mass is 246 g/mol. The highest BCUT2D eigenvalue weighted by Crippen LogP contribution is 2.38. The summed E-state index contributed by atoms with van der Waals surface area (Å²) in [6.45, 7) is 0. The quantitative estimate of drug-likeness (QED) is 0.761. The Kier molecular flexibility index (Phi) is 2.71. The molecule has 1 aromatic carbocycles. The van der Waals surface area contributed by atoms with E-state index in [1.54, 1.807) is 18.9 Å². The molecule has 0 aromatic heterocycles. The molecule has 1 atom stereocenters. The number of fused-ring (bicyclic) bond motifs is 2. The zero-order valence-corrected chi connectivity index (χ0v) is 10.5. The van der Waals surface area contributed by atoms with Gasteiger partial charge in [-0.05, 0) is 41.9 Å². The third-order valence-corrected chi connectivity index (χ3v) is 4.71. The maximum Gasteiger partial charge on any atom is 0.180 e. The van der Waals surface area contributed by atoms with Gasteiger partial charge >= 0.3 is 0 Å². The van der Waals surface area contributed by atoms with E-state index >= 15 is 0 Å². The van der Waals surface area contributed by atoms with Gasteiger partial charge in [-0.2, -0.15) is 0 Å². The second kappa shape index (κ2) is 4.22. The molecule has 2 nitrogen and oxygen atoms in total. The molecule has 0 bridgehead atoms. The van der Waals surface area contributed by atoms with E-state index in [1.165, 1.54) is 12.0 Å². The highest BCUT2D eigenvalue weighted by molar-refractivity contribution is 8.00. The first-order valence-electron chi connectivity index (χ1n) is 5.84. The smallest absolute Gasteiger partial charge is 0.180 e. The van der Waals surface area contributed by atoms with Crippen molar-refractivity contribution in [1.82, 2.24) is 0 Å². The van der Waals surface area contributed by atoms with Crippen LogP contribution in [0.1, 0.15) is 28.8 Å². The van der Waals surface area contributed by atoms with Crippen LogP contribution >= 0.6 is 11.8 Å². The van der Waals surface area contributed by atoms with Gasteiger partial charge in [-0.1, -0.05) is 12.1 Å². The minimum Gasteiger partial charge on any atom is -0.497 e. The zero-order valence-electron chi connectivity index (χ0n) is 9.73. The molecule has 1 heterocycles. The average Bonchev–Trinajstić information content (AvgIpc) is 2.39. The number of benzene rings is 1. The Bertz CT molecular complexity index is 505. The highest BCUT2D eigenvalue weighted by Gasteiger charge is 2.32. The topological polar surface area (TPSA) is 26.3 Å². The second-order valence-corrected chi connectivity index (χ2v) is 5.60. The molecule has 0 saturated carbocycles. The molecule has 88 valence electrons. The third-order valence-electron chi connectivity index (χ3n) is 3.34. The lowest BCUT2D eigenvalue weighted by atomic mass is 9.88. The predicted molar refractivity (Wildman–Crippen MR) is 70.8 cm³/mol. The van der Waals surface area contributed by atoms with Crippen LogP contribution in [-0.2, 0) is 0 Å². The lowest BCUT2D eigenvalue weighted by Gasteiger charge is -2.28. The molecule has 0 spiro atoms. The van der Waals surface area contributed by atoms with E-state index in [1.807, 2.05) is 18.2 Å². The Labute approximate surface area is 105 Å². The van der Waals surface area contributed by atoms with E-state index in [-0.39, 0.29) is 11.0 Å². The summed E-state index contributed by atoms with van der Waals surface area (Å²) in [6.07, 6.45) is 4.44. The van der Waals surface area contributed by atoms with Gasteiger partial charge in [0.05, 0.1) is 12.4 Å². The summed E-state index contributed by atoms with van der Waals surface area (Å²) in [7, 11) is 1.63. The van der Waals surface area contributed by atoms with Crippen molar-refractivity contribution in [2.75, 3.05) is 12.9 Å². The molecular formula is C14H14O2S. The van der Waals surface area contributed by atoms with Gasteiger partial charge in [-0.25, -0.2) is 0 Å². The van der Waals surface area contributed by atoms with Crippen molar-refractivity contribution >= 4 is 23.6 Å². The van der Waals surface area contributed by atoms with E-state index in [9.17, 15) is 4.79 Å². The van der Waals surface area contributed by atoms with Gasteiger partial charge < -0.3 is 4.74 Å². The van der Waals surface area contributed by atoms with Crippen molar-refractivity contribution in [1.29, 1.82) is 0 Å². The minimum absolute atomic E-state index is 0.0587. The van der Waals surface area contributed by atoms with Gasteiger partial charge in [0.1, 0.15) is 5.75 Å². The van der Waals surface area contributed by atoms with Crippen molar-refractivity contribution in [2.45, 2.75) is 18.1 Å². The van der Waals surface area contributed by atoms with Crippen molar-refractivity contribution in [3.63, 3.8) is 0 Å². The molecule has 1 aliphatic heterocycles. The molecule has 2 aliphatic rings. The first kappa shape index (κ1) is 10.9. The summed E-state index contributed by atoms with van der Waals surface area (Å²) in [6, 6.07) is 5.76. The molecule has 1 unspecified atom stereocenters. The SMILES string of the molecule is COc1ccc2c(c1)C(=O)C1SCCCC1=C2. The van der Waals surface area contributed by atoms with Gasteiger partial charge in [0, 0.05) is 5.56 Å². The summed E-state index contributed by atoms with van der Waals surface area (Å²) < 4.78 is 5.18. The number of ketones is 1. The number of thioether (sulfide) groups is 1. The van der Waals surface area contributed by atoms with Crippen LogP contribution < -0.4 is 4.74 Å². The van der Waals surface area contributed by atoms with E-state index in [2.05, 4.69) is 6.08 Å². The van der Waals surface area contributed by atoms with Gasteiger partial charge in [0.15, 0.2) is 5.78 Å². The third kappa shape index (κ3) is 1.78. The molecule has 1 aromatic rings. The van der Waals surface area contributed by atoms with Gasteiger partial charge in [0.25, 0.3) is 0 Å². The fourth-order valence-electron chi connectivity index (χ4n) is 2.45. The summed E-state index contributed by atoms with van der Waals surface area (Å²) in [5.74, 6) is 2.10. The number of carbonyl (C=O) groups is 1. The number of rotatable bonds is 1. The molecule has 1 fully saturated rings. The Hall–Kier alpha value is -1.22. The Morgan fingerprint density at radius 3 is 3.12 bits per heavy atom. The normalized spacial score (nSPS) is 22.5. The molecule has 3 heteroatoms. The Balaban J connectivity index is 2.09. The number of Topliss-reactive ketones (excluding diaryl/α,β-unsaturated/α-hetero) is 1. The Morgan fingerprint density at radius 1 is 1.41 bits per heavy atom. The second-order valence-electron chi connectivity index (χ2n) is 4.39. The van der Waals surface area contributed by atoms with Crippen molar-refractivity contribution in [3.05, 3.63) is 34.9 Å². The highest BCUT2D eigenvalue weighted by atomic mass is 32.2. The number of methoxy groups -OCH3 is 1. The summed E-state index contributed by atoms with van der Waals surface area (Å²) in [5, 5.41) is 0.0587. The maximum absolute atomic E-state index is 12.4. The van der Waals surface area contributed by atoms with Crippen LogP contribution in [-0.4, -0.2) is 23.9 Å². The fourth-order valence-corrected chi connectivity index (χ4v) is 3.68.